The van der Waals surface area contributed by atoms with Gasteiger partial charge in [0.05, 0.1) is 17.3 Å². The summed E-state index contributed by atoms with van der Waals surface area (Å²) in [7, 11) is 0. The summed E-state index contributed by atoms with van der Waals surface area (Å²) in [5.74, 6) is 4.73. The Balaban J connectivity index is 2.67. The third-order valence-electron chi connectivity index (χ3n) is 2.05. The van der Waals surface area contributed by atoms with Crippen LogP contribution in [0.1, 0.15) is 15.9 Å². The maximum atomic E-state index is 11.3. The SMILES string of the molecule is Cc1ccn2ncc(C(=O)NN)c2c1. The van der Waals surface area contributed by atoms with Crippen molar-refractivity contribution in [3.8, 4) is 0 Å². The summed E-state index contributed by atoms with van der Waals surface area (Å²) in [5, 5.41) is 4.03. The molecule has 2 rings (SSSR count). The van der Waals surface area contributed by atoms with E-state index in [2.05, 4.69) is 10.5 Å². The van der Waals surface area contributed by atoms with Crippen LogP contribution in [0.15, 0.2) is 24.5 Å². The van der Waals surface area contributed by atoms with Crippen LogP contribution in [0, 0.1) is 6.92 Å². The molecule has 0 atom stereocenters. The van der Waals surface area contributed by atoms with E-state index >= 15 is 0 Å². The number of rotatable bonds is 1. The third-order valence-corrected chi connectivity index (χ3v) is 2.05. The molecule has 0 saturated heterocycles. The summed E-state index contributed by atoms with van der Waals surface area (Å²) >= 11 is 0. The standard InChI is InChI=1S/C9H10N4O/c1-6-2-3-13-8(4-6)7(5-11-13)9(14)12-10/h2-5H,10H2,1H3,(H,12,14). The fraction of sp³-hybridized carbons (Fsp3) is 0.111. The van der Waals surface area contributed by atoms with E-state index in [0.717, 1.165) is 11.1 Å². The number of pyridine rings is 1. The Hall–Kier alpha value is -1.88. The van der Waals surface area contributed by atoms with E-state index in [1.54, 1.807) is 10.7 Å². The lowest BCUT2D eigenvalue weighted by atomic mass is 10.2. The topological polar surface area (TPSA) is 72.4 Å². The monoisotopic (exact) mass is 190 g/mol. The molecule has 14 heavy (non-hydrogen) atoms. The van der Waals surface area contributed by atoms with Gasteiger partial charge in [0, 0.05) is 6.20 Å². The molecule has 0 spiro atoms. The summed E-state index contributed by atoms with van der Waals surface area (Å²) in [6.45, 7) is 1.96. The Morgan fingerprint density at radius 1 is 1.64 bits per heavy atom. The highest BCUT2D eigenvalue weighted by molar-refractivity contribution is 6.00. The van der Waals surface area contributed by atoms with Gasteiger partial charge in [-0.05, 0) is 24.6 Å². The number of aromatic nitrogens is 2. The van der Waals surface area contributed by atoms with E-state index in [9.17, 15) is 4.79 Å². The molecule has 0 saturated carbocycles. The van der Waals surface area contributed by atoms with Crippen LogP contribution in [-0.2, 0) is 0 Å². The van der Waals surface area contributed by atoms with E-state index in [-0.39, 0.29) is 5.91 Å². The molecule has 2 aromatic heterocycles. The normalized spacial score (nSPS) is 10.4. The van der Waals surface area contributed by atoms with Crippen LogP contribution in [-0.4, -0.2) is 15.5 Å². The van der Waals surface area contributed by atoms with Crippen LogP contribution >= 0.6 is 0 Å². The first-order valence-electron chi connectivity index (χ1n) is 4.17. The number of nitrogens with one attached hydrogen (secondary N) is 1. The number of hydrazine groups is 1. The third kappa shape index (κ3) is 1.23. The molecule has 0 radical (unpaired) electrons. The Kier molecular flexibility index (Phi) is 1.94. The molecular weight excluding hydrogens is 180 g/mol. The van der Waals surface area contributed by atoms with Gasteiger partial charge in [0.25, 0.3) is 5.91 Å². The maximum absolute atomic E-state index is 11.3. The fourth-order valence-corrected chi connectivity index (χ4v) is 1.34. The molecule has 72 valence electrons. The van der Waals surface area contributed by atoms with Gasteiger partial charge in [-0.15, -0.1) is 0 Å². The number of nitrogens with zero attached hydrogens (tertiary/aromatic N) is 2. The molecule has 0 unspecified atom stereocenters. The highest BCUT2D eigenvalue weighted by Crippen LogP contribution is 2.11. The van der Waals surface area contributed by atoms with Gasteiger partial charge in [-0.1, -0.05) is 0 Å². The summed E-state index contributed by atoms with van der Waals surface area (Å²) in [6.07, 6.45) is 3.30. The number of fused-ring (bicyclic) bond motifs is 1. The second-order valence-corrected chi connectivity index (χ2v) is 3.07. The van der Waals surface area contributed by atoms with Crippen molar-refractivity contribution in [1.82, 2.24) is 15.0 Å². The molecule has 0 aliphatic rings. The zero-order chi connectivity index (χ0) is 10.1. The average molecular weight is 190 g/mol. The van der Waals surface area contributed by atoms with Crippen LogP contribution in [0.25, 0.3) is 5.52 Å². The fourth-order valence-electron chi connectivity index (χ4n) is 1.34. The number of carbonyl (C=O) groups is 1. The molecular formula is C9H10N4O. The molecule has 0 bridgehead atoms. The predicted molar refractivity (Wildman–Crippen MR) is 51.6 cm³/mol. The number of nitrogens with two attached hydrogens (primary N) is 1. The van der Waals surface area contributed by atoms with Crippen LogP contribution in [0.3, 0.4) is 0 Å². The first-order valence-corrected chi connectivity index (χ1v) is 4.17. The number of hydrogen-bond donors (Lipinski definition) is 2. The minimum absolute atomic E-state index is 0.328. The maximum Gasteiger partial charge on any atom is 0.269 e. The summed E-state index contributed by atoms with van der Waals surface area (Å²) in [4.78, 5) is 11.3. The van der Waals surface area contributed by atoms with Gasteiger partial charge >= 0.3 is 0 Å². The van der Waals surface area contributed by atoms with Gasteiger partial charge in [0.1, 0.15) is 0 Å². The van der Waals surface area contributed by atoms with E-state index in [1.165, 1.54) is 6.20 Å². The van der Waals surface area contributed by atoms with Gasteiger partial charge in [0.15, 0.2) is 0 Å². The highest BCUT2D eigenvalue weighted by Gasteiger charge is 2.10. The minimum atomic E-state index is -0.328. The van der Waals surface area contributed by atoms with Crippen molar-refractivity contribution in [2.75, 3.05) is 0 Å². The molecule has 0 fully saturated rings. The molecule has 1 amide bonds. The molecule has 0 aliphatic carbocycles. The number of carbonyl (C=O) groups excluding carboxylic acids is 1. The van der Waals surface area contributed by atoms with Crippen molar-refractivity contribution in [2.24, 2.45) is 5.84 Å². The molecule has 0 aromatic carbocycles. The lowest BCUT2D eigenvalue weighted by Gasteiger charge is -1.98. The Morgan fingerprint density at radius 2 is 2.43 bits per heavy atom. The number of nitrogen functional groups attached to an aromatic ring is 1. The van der Waals surface area contributed by atoms with Crippen molar-refractivity contribution >= 4 is 11.4 Å². The second kappa shape index (κ2) is 3.12. The van der Waals surface area contributed by atoms with Crippen LogP contribution in [0.4, 0.5) is 0 Å². The Bertz CT molecular complexity index is 489. The summed E-state index contributed by atoms with van der Waals surface area (Å²) < 4.78 is 1.64. The molecule has 3 N–H and O–H groups in total. The lowest BCUT2D eigenvalue weighted by Crippen LogP contribution is -2.29. The number of hydrogen-bond acceptors (Lipinski definition) is 3. The van der Waals surface area contributed by atoms with Gasteiger partial charge < -0.3 is 0 Å². The van der Waals surface area contributed by atoms with Crippen molar-refractivity contribution in [1.29, 1.82) is 0 Å². The smallest absolute Gasteiger partial charge is 0.269 e. The molecule has 0 aliphatic heterocycles. The van der Waals surface area contributed by atoms with Crippen molar-refractivity contribution in [2.45, 2.75) is 6.92 Å². The second-order valence-electron chi connectivity index (χ2n) is 3.07. The van der Waals surface area contributed by atoms with E-state index in [1.807, 2.05) is 19.1 Å². The summed E-state index contributed by atoms with van der Waals surface area (Å²) in [6, 6.07) is 3.81. The molecule has 2 aromatic rings. The molecule has 5 heteroatoms. The Morgan fingerprint density at radius 3 is 3.14 bits per heavy atom. The van der Waals surface area contributed by atoms with Gasteiger partial charge in [-0.25, -0.2) is 10.4 Å². The predicted octanol–water partition coefficient (Wildman–Crippen LogP) is 0.246. The van der Waals surface area contributed by atoms with Gasteiger partial charge in [-0.2, -0.15) is 5.10 Å². The van der Waals surface area contributed by atoms with Crippen LogP contribution in [0.5, 0.6) is 0 Å². The van der Waals surface area contributed by atoms with Crippen LogP contribution in [0.2, 0.25) is 0 Å². The zero-order valence-corrected chi connectivity index (χ0v) is 7.69. The highest BCUT2D eigenvalue weighted by atomic mass is 16.2. The lowest BCUT2D eigenvalue weighted by molar-refractivity contribution is 0.0955. The largest absolute Gasteiger partial charge is 0.290 e. The Labute approximate surface area is 80.5 Å². The number of aryl methyl sites for hydroxylation is 1. The number of amides is 1. The van der Waals surface area contributed by atoms with Gasteiger partial charge in [-0.3, -0.25) is 10.2 Å². The van der Waals surface area contributed by atoms with Crippen molar-refractivity contribution < 1.29 is 4.79 Å². The van der Waals surface area contributed by atoms with Crippen molar-refractivity contribution in [3.05, 3.63) is 35.7 Å². The van der Waals surface area contributed by atoms with E-state index in [0.29, 0.717) is 5.56 Å². The minimum Gasteiger partial charge on any atom is -0.290 e. The van der Waals surface area contributed by atoms with Crippen LogP contribution < -0.4 is 11.3 Å². The average Bonchev–Trinajstić information content (AvgIpc) is 2.59. The van der Waals surface area contributed by atoms with Crippen molar-refractivity contribution in [3.63, 3.8) is 0 Å². The first-order chi connectivity index (χ1) is 6.72. The molecule has 2 heterocycles. The van der Waals surface area contributed by atoms with E-state index in [4.69, 9.17) is 5.84 Å². The summed E-state index contributed by atoms with van der Waals surface area (Å²) in [5.41, 5.74) is 4.40. The molecule has 5 nitrogen and oxygen atoms in total. The van der Waals surface area contributed by atoms with Gasteiger partial charge in [0.2, 0.25) is 0 Å². The first kappa shape index (κ1) is 8.71. The van der Waals surface area contributed by atoms with E-state index < -0.39 is 0 Å². The zero-order valence-electron chi connectivity index (χ0n) is 7.69. The quantitative estimate of drug-likeness (QED) is 0.384.